The van der Waals surface area contributed by atoms with E-state index in [4.69, 9.17) is 10.4 Å². The van der Waals surface area contributed by atoms with Crippen molar-refractivity contribution in [3.05, 3.63) is 53.7 Å². The third kappa shape index (κ3) is 3.78. The van der Waals surface area contributed by atoms with E-state index in [-0.39, 0.29) is 11.4 Å². The summed E-state index contributed by atoms with van der Waals surface area (Å²) in [5.41, 5.74) is 0.924. The van der Waals surface area contributed by atoms with Crippen molar-refractivity contribution in [3.8, 4) is 6.07 Å². The third-order valence-corrected chi connectivity index (χ3v) is 2.50. The van der Waals surface area contributed by atoms with Crippen molar-refractivity contribution in [2.24, 2.45) is 0 Å². The predicted molar refractivity (Wildman–Crippen MR) is 75.0 cm³/mol. The second-order valence-electron chi connectivity index (χ2n) is 4.01. The SMILES string of the molecule is N#Cc1cccc(NC(=O)Nc2ccc(C(=O)O)cn2)c1. The minimum absolute atomic E-state index is 0.0303. The maximum Gasteiger partial charge on any atom is 0.337 e. The normalized spacial score (nSPS) is 9.48. The first-order valence-electron chi connectivity index (χ1n) is 5.86. The number of amides is 2. The molecule has 7 nitrogen and oxygen atoms in total. The summed E-state index contributed by atoms with van der Waals surface area (Å²) in [6.45, 7) is 0. The molecular weight excluding hydrogens is 272 g/mol. The number of hydrogen-bond acceptors (Lipinski definition) is 4. The molecule has 0 aliphatic rings. The van der Waals surface area contributed by atoms with E-state index < -0.39 is 12.0 Å². The van der Waals surface area contributed by atoms with Gasteiger partial charge in [-0.25, -0.2) is 14.6 Å². The summed E-state index contributed by atoms with van der Waals surface area (Å²) in [7, 11) is 0. The van der Waals surface area contributed by atoms with Gasteiger partial charge in [-0.2, -0.15) is 5.26 Å². The van der Waals surface area contributed by atoms with Crippen LogP contribution in [0.3, 0.4) is 0 Å². The molecule has 1 heterocycles. The van der Waals surface area contributed by atoms with Crippen molar-refractivity contribution in [2.75, 3.05) is 10.6 Å². The molecule has 0 fully saturated rings. The number of urea groups is 1. The lowest BCUT2D eigenvalue weighted by atomic mass is 10.2. The van der Waals surface area contributed by atoms with Gasteiger partial charge in [0.25, 0.3) is 0 Å². The Morgan fingerprint density at radius 1 is 1.19 bits per heavy atom. The summed E-state index contributed by atoms with van der Waals surface area (Å²) in [6, 6.07) is 10.6. The van der Waals surface area contributed by atoms with Crippen LogP contribution < -0.4 is 10.6 Å². The lowest BCUT2D eigenvalue weighted by Crippen LogP contribution is -2.20. The monoisotopic (exact) mass is 282 g/mol. The number of anilines is 2. The molecule has 2 aromatic rings. The van der Waals surface area contributed by atoms with Crippen LogP contribution in [0.1, 0.15) is 15.9 Å². The molecule has 0 bridgehead atoms. The molecule has 0 saturated carbocycles. The van der Waals surface area contributed by atoms with E-state index >= 15 is 0 Å². The lowest BCUT2D eigenvalue weighted by molar-refractivity contribution is 0.0696. The maximum absolute atomic E-state index is 11.7. The number of carbonyl (C=O) groups is 2. The lowest BCUT2D eigenvalue weighted by Gasteiger charge is -2.07. The molecule has 21 heavy (non-hydrogen) atoms. The summed E-state index contributed by atoms with van der Waals surface area (Å²) < 4.78 is 0. The Balaban J connectivity index is 2.01. The maximum atomic E-state index is 11.7. The molecular formula is C14H10N4O3. The fraction of sp³-hybridized carbons (Fsp3) is 0. The van der Waals surface area contributed by atoms with E-state index in [1.54, 1.807) is 18.2 Å². The second kappa shape index (κ2) is 6.16. The summed E-state index contributed by atoms with van der Waals surface area (Å²) in [6.07, 6.45) is 1.15. The fourth-order valence-corrected chi connectivity index (χ4v) is 1.54. The average molecular weight is 282 g/mol. The van der Waals surface area contributed by atoms with Crippen molar-refractivity contribution >= 4 is 23.5 Å². The van der Waals surface area contributed by atoms with Crippen LogP contribution in [-0.2, 0) is 0 Å². The van der Waals surface area contributed by atoms with Gasteiger partial charge in [0.1, 0.15) is 5.82 Å². The van der Waals surface area contributed by atoms with Gasteiger partial charge in [-0.15, -0.1) is 0 Å². The quantitative estimate of drug-likeness (QED) is 0.798. The van der Waals surface area contributed by atoms with Crippen LogP contribution in [0, 0.1) is 11.3 Å². The zero-order valence-electron chi connectivity index (χ0n) is 10.7. The second-order valence-corrected chi connectivity index (χ2v) is 4.01. The highest BCUT2D eigenvalue weighted by atomic mass is 16.4. The molecule has 0 aliphatic carbocycles. The van der Waals surface area contributed by atoms with Gasteiger partial charge >= 0.3 is 12.0 Å². The first kappa shape index (κ1) is 14.0. The van der Waals surface area contributed by atoms with Gasteiger partial charge in [0.05, 0.1) is 17.2 Å². The topological polar surface area (TPSA) is 115 Å². The molecule has 0 radical (unpaired) electrons. The standard InChI is InChI=1S/C14H10N4O3/c15-7-9-2-1-3-11(6-9)17-14(21)18-12-5-4-10(8-16-12)13(19)20/h1-6,8H,(H,19,20)(H2,16,17,18,21). The van der Waals surface area contributed by atoms with Crippen molar-refractivity contribution in [1.82, 2.24) is 4.98 Å². The molecule has 104 valence electrons. The number of carboxylic acid groups (broad SMARTS) is 1. The highest BCUT2D eigenvalue weighted by molar-refractivity contribution is 5.99. The summed E-state index contributed by atoms with van der Waals surface area (Å²) >= 11 is 0. The number of carbonyl (C=O) groups excluding carboxylic acids is 1. The number of nitrogens with zero attached hydrogens (tertiary/aromatic N) is 2. The number of aromatic carboxylic acids is 1. The predicted octanol–water partition coefficient (Wildman–Crippen LogP) is 2.30. The zero-order valence-corrected chi connectivity index (χ0v) is 10.7. The smallest absolute Gasteiger partial charge is 0.337 e. The minimum atomic E-state index is -1.09. The van der Waals surface area contributed by atoms with E-state index in [2.05, 4.69) is 15.6 Å². The molecule has 1 aromatic heterocycles. The Morgan fingerprint density at radius 3 is 2.62 bits per heavy atom. The Morgan fingerprint density at radius 2 is 2.00 bits per heavy atom. The van der Waals surface area contributed by atoms with E-state index in [1.807, 2.05) is 6.07 Å². The number of carboxylic acids is 1. The van der Waals surface area contributed by atoms with E-state index in [9.17, 15) is 9.59 Å². The van der Waals surface area contributed by atoms with Crippen molar-refractivity contribution in [3.63, 3.8) is 0 Å². The summed E-state index contributed by atoms with van der Waals surface area (Å²) in [4.78, 5) is 26.2. The van der Waals surface area contributed by atoms with Crippen molar-refractivity contribution < 1.29 is 14.7 Å². The number of rotatable bonds is 3. The Labute approximate surface area is 119 Å². The molecule has 2 rings (SSSR count). The zero-order chi connectivity index (χ0) is 15.2. The molecule has 0 spiro atoms. The van der Waals surface area contributed by atoms with Gasteiger partial charge in [-0.05, 0) is 30.3 Å². The van der Waals surface area contributed by atoms with Gasteiger partial charge < -0.3 is 10.4 Å². The van der Waals surface area contributed by atoms with Gasteiger partial charge in [-0.3, -0.25) is 5.32 Å². The number of pyridine rings is 1. The van der Waals surface area contributed by atoms with Crippen LogP contribution in [0.5, 0.6) is 0 Å². The van der Waals surface area contributed by atoms with E-state index in [0.717, 1.165) is 6.20 Å². The number of hydrogen-bond donors (Lipinski definition) is 3. The highest BCUT2D eigenvalue weighted by Gasteiger charge is 2.06. The van der Waals surface area contributed by atoms with Crippen LogP contribution in [-0.4, -0.2) is 22.1 Å². The fourth-order valence-electron chi connectivity index (χ4n) is 1.54. The third-order valence-electron chi connectivity index (χ3n) is 2.50. The van der Waals surface area contributed by atoms with Crippen molar-refractivity contribution in [1.29, 1.82) is 5.26 Å². The summed E-state index contributed by atoms with van der Waals surface area (Å²) in [5.74, 6) is -0.874. The average Bonchev–Trinajstić information content (AvgIpc) is 2.47. The Hall–Kier alpha value is -3.40. The van der Waals surface area contributed by atoms with Crippen LogP contribution in [0.4, 0.5) is 16.3 Å². The summed E-state index contributed by atoms with van der Waals surface area (Å²) in [5, 5.41) is 22.5. The molecule has 2 amide bonds. The van der Waals surface area contributed by atoms with Gasteiger partial charge in [0.15, 0.2) is 0 Å². The number of aromatic nitrogens is 1. The molecule has 3 N–H and O–H groups in total. The molecule has 1 aromatic carbocycles. The first-order chi connectivity index (χ1) is 10.1. The minimum Gasteiger partial charge on any atom is -0.478 e. The van der Waals surface area contributed by atoms with Crippen molar-refractivity contribution in [2.45, 2.75) is 0 Å². The Kier molecular flexibility index (Phi) is 4.11. The first-order valence-corrected chi connectivity index (χ1v) is 5.86. The molecule has 7 heteroatoms. The van der Waals surface area contributed by atoms with Crippen LogP contribution in [0.15, 0.2) is 42.6 Å². The number of nitriles is 1. The molecule has 0 saturated heterocycles. The molecule has 0 unspecified atom stereocenters. The molecule has 0 atom stereocenters. The highest BCUT2D eigenvalue weighted by Crippen LogP contribution is 2.11. The van der Waals surface area contributed by atoms with Crippen LogP contribution in [0.2, 0.25) is 0 Å². The van der Waals surface area contributed by atoms with Gasteiger partial charge in [-0.1, -0.05) is 6.07 Å². The molecule has 0 aliphatic heterocycles. The van der Waals surface area contributed by atoms with Crippen LogP contribution in [0.25, 0.3) is 0 Å². The number of nitrogens with one attached hydrogen (secondary N) is 2. The van der Waals surface area contributed by atoms with Gasteiger partial charge in [0.2, 0.25) is 0 Å². The Bertz CT molecular complexity index is 720. The largest absolute Gasteiger partial charge is 0.478 e. The van der Waals surface area contributed by atoms with E-state index in [0.29, 0.717) is 11.3 Å². The number of benzene rings is 1. The van der Waals surface area contributed by atoms with Gasteiger partial charge in [0, 0.05) is 11.9 Å². The van der Waals surface area contributed by atoms with E-state index in [1.165, 1.54) is 18.2 Å². The van der Waals surface area contributed by atoms with Crippen LogP contribution >= 0.6 is 0 Å².